The first-order valence-electron chi connectivity index (χ1n) is 9.75. The number of fused-ring (bicyclic) bond motifs is 2. The molecule has 7 nitrogen and oxygen atoms in total. The monoisotopic (exact) mass is 432 g/mol. The maximum Gasteiger partial charge on any atom is 0.267 e. The van der Waals surface area contributed by atoms with Crippen molar-refractivity contribution in [2.75, 3.05) is 23.0 Å². The molecule has 5 rings (SSSR count). The molecule has 0 fully saturated rings. The highest BCUT2D eigenvalue weighted by molar-refractivity contribution is 7.92. The van der Waals surface area contributed by atoms with Crippen LogP contribution in [0.25, 0.3) is 11.0 Å². The number of nitrogens with zero attached hydrogens (tertiary/aromatic N) is 4. The van der Waals surface area contributed by atoms with Gasteiger partial charge in [-0.2, -0.15) is 0 Å². The van der Waals surface area contributed by atoms with Crippen LogP contribution in [0.4, 0.5) is 17.3 Å². The van der Waals surface area contributed by atoms with Crippen LogP contribution in [0.3, 0.4) is 0 Å². The molecule has 0 aliphatic carbocycles. The lowest BCUT2D eigenvalue weighted by atomic mass is 10.2. The molecule has 31 heavy (non-hydrogen) atoms. The van der Waals surface area contributed by atoms with Gasteiger partial charge in [0.15, 0.2) is 11.6 Å². The van der Waals surface area contributed by atoms with Gasteiger partial charge in [0.05, 0.1) is 23.0 Å². The minimum atomic E-state index is -3.83. The van der Waals surface area contributed by atoms with Crippen molar-refractivity contribution in [3.05, 3.63) is 78.4 Å². The molecule has 0 unspecified atom stereocenters. The van der Waals surface area contributed by atoms with Crippen LogP contribution >= 0.6 is 0 Å². The first kappa shape index (κ1) is 19.3. The largest absolute Gasteiger partial charge is 0.497 e. The Morgan fingerprint density at radius 3 is 2.06 bits per heavy atom. The molecule has 156 valence electrons. The maximum atomic E-state index is 13.5. The zero-order chi connectivity index (χ0) is 21.6. The van der Waals surface area contributed by atoms with E-state index in [1.165, 1.54) is 4.31 Å². The predicted molar refractivity (Wildman–Crippen MR) is 120 cm³/mol. The van der Waals surface area contributed by atoms with E-state index < -0.39 is 10.0 Å². The molecule has 0 saturated carbocycles. The van der Waals surface area contributed by atoms with Crippen LogP contribution in [0.2, 0.25) is 0 Å². The number of rotatable bonds is 4. The van der Waals surface area contributed by atoms with Crippen molar-refractivity contribution in [2.45, 2.75) is 11.8 Å². The zero-order valence-electron chi connectivity index (χ0n) is 17.1. The Morgan fingerprint density at radius 1 is 0.839 bits per heavy atom. The maximum absolute atomic E-state index is 13.5. The second-order valence-corrected chi connectivity index (χ2v) is 9.16. The Kier molecular flexibility index (Phi) is 4.51. The highest BCUT2D eigenvalue weighted by Gasteiger charge is 2.38. The summed E-state index contributed by atoms with van der Waals surface area (Å²) in [6.07, 6.45) is 0. The standard InChI is InChI=1S/C23H20N4O3S/c1-16-7-13-19(14-8-16)31(28,29)27-15-26(17-9-11-18(30-2)12-10-17)22-23(27)25-21-6-4-3-5-20(21)24-22/h3-14H,15H2,1-2H3. The van der Waals surface area contributed by atoms with Gasteiger partial charge in [0.2, 0.25) is 0 Å². The number of benzene rings is 3. The number of sulfonamides is 1. The molecular formula is C23H20N4O3S. The number of hydrogen-bond acceptors (Lipinski definition) is 6. The minimum Gasteiger partial charge on any atom is -0.497 e. The van der Waals surface area contributed by atoms with Gasteiger partial charge in [0.1, 0.15) is 12.4 Å². The number of aryl methyl sites for hydroxylation is 1. The van der Waals surface area contributed by atoms with Gasteiger partial charge in [-0.15, -0.1) is 0 Å². The number of ether oxygens (including phenoxy) is 1. The van der Waals surface area contributed by atoms with E-state index >= 15 is 0 Å². The van der Waals surface area contributed by atoms with Crippen molar-refractivity contribution in [1.82, 2.24) is 9.97 Å². The summed E-state index contributed by atoms with van der Waals surface area (Å²) in [5.41, 5.74) is 3.14. The summed E-state index contributed by atoms with van der Waals surface area (Å²) in [6, 6.07) is 21.7. The van der Waals surface area contributed by atoms with Gasteiger partial charge in [0.25, 0.3) is 10.0 Å². The molecule has 0 amide bonds. The molecule has 0 saturated heterocycles. The molecule has 0 radical (unpaired) electrons. The van der Waals surface area contributed by atoms with Crippen LogP contribution < -0.4 is 13.9 Å². The van der Waals surface area contributed by atoms with E-state index in [1.54, 1.807) is 31.4 Å². The van der Waals surface area contributed by atoms with E-state index in [0.29, 0.717) is 22.7 Å². The SMILES string of the molecule is COc1ccc(N2CN(S(=O)(=O)c3ccc(C)cc3)c3nc4ccccc4nc32)cc1. The topological polar surface area (TPSA) is 75.6 Å². The lowest BCUT2D eigenvalue weighted by Gasteiger charge is -2.21. The van der Waals surface area contributed by atoms with E-state index in [0.717, 1.165) is 17.0 Å². The molecule has 0 bridgehead atoms. The minimum absolute atomic E-state index is 0.0776. The Labute approximate surface area is 180 Å². The first-order valence-corrected chi connectivity index (χ1v) is 11.2. The molecule has 8 heteroatoms. The Hall–Kier alpha value is -3.65. The van der Waals surface area contributed by atoms with Gasteiger partial charge in [-0.25, -0.2) is 22.7 Å². The number of methoxy groups -OCH3 is 1. The number of hydrogen-bond donors (Lipinski definition) is 0. The Morgan fingerprint density at radius 2 is 1.45 bits per heavy atom. The smallest absolute Gasteiger partial charge is 0.267 e. The van der Waals surface area contributed by atoms with E-state index in [4.69, 9.17) is 9.72 Å². The highest BCUT2D eigenvalue weighted by Crippen LogP contribution is 2.41. The van der Waals surface area contributed by atoms with Crippen LogP contribution in [0, 0.1) is 6.92 Å². The average Bonchev–Trinajstić information content (AvgIpc) is 3.17. The molecule has 0 atom stereocenters. The summed E-state index contributed by atoms with van der Waals surface area (Å²) in [7, 11) is -2.22. The number of anilines is 3. The molecule has 3 aromatic carbocycles. The third kappa shape index (κ3) is 3.25. The van der Waals surface area contributed by atoms with Gasteiger partial charge >= 0.3 is 0 Å². The molecular weight excluding hydrogens is 412 g/mol. The third-order valence-electron chi connectivity index (χ3n) is 5.29. The summed E-state index contributed by atoms with van der Waals surface area (Å²) in [5, 5.41) is 0. The summed E-state index contributed by atoms with van der Waals surface area (Å²) in [5.74, 6) is 1.53. The van der Waals surface area contributed by atoms with E-state index in [-0.39, 0.29) is 11.6 Å². The van der Waals surface area contributed by atoms with Crippen molar-refractivity contribution in [3.63, 3.8) is 0 Å². The Bertz CT molecular complexity index is 1370. The van der Waals surface area contributed by atoms with Crippen LogP contribution in [0.15, 0.2) is 77.7 Å². The zero-order valence-corrected chi connectivity index (χ0v) is 17.9. The fourth-order valence-corrected chi connectivity index (χ4v) is 4.94. The second kappa shape index (κ2) is 7.24. The summed E-state index contributed by atoms with van der Waals surface area (Å²) in [6.45, 7) is 2.00. The highest BCUT2D eigenvalue weighted by atomic mass is 32.2. The molecule has 0 spiro atoms. The predicted octanol–water partition coefficient (Wildman–Crippen LogP) is 4.25. The summed E-state index contributed by atoms with van der Waals surface area (Å²) >= 11 is 0. The fourth-order valence-electron chi connectivity index (χ4n) is 3.59. The van der Waals surface area contributed by atoms with Crippen molar-refractivity contribution < 1.29 is 13.2 Å². The van der Waals surface area contributed by atoms with E-state index in [2.05, 4.69) is 4.98 Å². The van der Waals surface area contributed by atoms with E-state index in [1.807, 2.05) is 60.4 Å². The molecule has 1 aliphatic heterocycles. The van der Waals surface area contributed by atoms with Crippen molar-refractivity contribution in [3.8, 4) is 5.75 Å². The van der Waals surface area contributed by atoms with Gasteiger partial charge < -0.3 is 9.64 Å². The molecule has 1 aliphatic rings. The van der Waals surface area contributed by atoms with Gasteiger partial charge in [0, 0.05) is 5.69 Å². The third-order valence-corrected chi connectivity index (χ3v) is 7.03. The van der Waals surface area contributed by atoms with Crippen molar-refractivity contribution in [2.24, 2.45) is 0 Å². The number of para-hydroxylation sites is 2. The lowest BCUT2D eigenvalue weighted by Crippen LogP contribution is -2.34. The number of aromatic nitrogens is 2. The summed E-state index contributed by atoms with van der Waals surface area (Å²) < 4.78 is 33.6. The molecule has 0 N–H and O–H groups in total. The molecule has 4 aromatic rings. The quantitative estimate of drug-likeness (QED) is 0.480. The van der Waals surface area contributed by atoms with Crippen LogP contribution in [-0.4, -0.2) is 32.2 Å². The fraction of sp³-hybridized carbons (Fsp3) is 0.130. The van der Waals surface area contributed by atoms with E-state index in [9.17, 15) is 8.42 Å². The summed E-state index contributed by atoms with van der Waals surface area (Å²) in [4.78, 5) is 11.5. The van der Waals surface area contributed by atoms with Crippen LogP contribution in [-0.2, 0) is 10.0 Å². The first-order chi connectivity index (χ1) is 15.0. The van der Waals surface area contributed by atoms with Gasteiger partial charge in [-0.05, 0) is 55.5 Å². The van der Waals surface area contributed by atoms with Crippen molar-refractivity contribution in [1.29, 1.82) is 0 Å². The Balaban J connectivity index is 1.67. The average molecular weight is 433 g/mol. The lowest BCUT2D eigenvalue weighted by molar-refractivity contribution is 0.415. The van der Waals surface area contributed by atoms with Crippen LogP contribution in [0.1, 0.15) is 5.56 Å². The molecule has 2 heterocycles. The van der Waals surface area contributed by atoms with Crippen molar-refractivity contribution >= 4 is 38.4 Å². The van der Waals surface area contributed by atoms with Crippen LogP contribution in [0.5, 0.6) is 5.75 Å². The molecule has 1 aromatic heterocycles. The van der Waals surface area contributed by atoms with Gasteiger partial charge in [-0.1, -0.05) is 29.8 Å². The second-order valence-electron chi connectivity index (χ2n) is 7.29. The normalized spacial score (nSPS) is 13.5. The van der Waals surface area contributed by atoms with Gasteiger partial charge in [-0.3, -0.25) is 0 Å².